The van der Waals surface area contributed by atoms with Crippen LogP contribution >= 0.6 is 0 Å². The predicted octanol–water partition coefficient (Wildman–Crippen LogP) is 3.16. The fourth-order valence-corrected chi connectivity index (χ4v) is 1.56. The number of halogens is 3. The number of benzene rings is 1. The molecule has 16 heavy (non-hydrogen) atoms. The Morgan fingerprint density at radius 2 is 1.81 bits per heavy atom. The monoisotopic (exact) mass is 226 g/mol. The highest BCUT2D eigenvalue weighted by Gasteiger charge is 2.19. The molecule has 0 radical (unpaired) electrons. The van der Waals surface area contributed by atoms with Gasteiger partial charge in [0.2, 0.25) is 0 Å². The molecule has 0 saturated heterocycles. The van der Waals surface area contributed by atoms with Crippen molar-refractivity contribution in [3.63, 3.8) is 0 Å². The van der Waals surface area contributed by atoms with Crippen LogP contribution in [0.15, 0.2) is 30.5 Å². The highest BCUT2D eigenvalue weighted by Crippen LogP contribution is 2.30. The summed E-state index contributed by atoms with van der Waals surface area (Å²) in [7, 11) is 1.45. The van der Waals surface area contributed by atoms with Crippen molar-refractivity contribution in [1.82, 2.24) is 9.78 Å². The lowest BCUT2D eigenvalue weighted by Gasteiger charge is -2.04. The number of aryl methyl sites for hydroxylation is 1. The van der Waals surface area contributed by atoms with Gasteiger partial charge in [0, 0.05) is 12.6 Å². The maximum Gasteiger partial charge on any atom is 0.280 e. The van der Waals surface area contributed by atoms with Crippen LogP contribution in [-0.2, 0) is 7.05 Å². The first-order valence-electron chi connectivity index (χ1n) is 4.65. The Bertz CT molecular complexity index is 488. The summed E-state index contributed by atoms with van der Waals surface area (Å²) < 4.78 is 39.3. The average Bonchev–Trinajstić information content (AvgIpc) is 2.61. The molecule has 0 spiro atoms. The van der Waals surface area contributed by atoms with Crippen LogP contribution in [0, 0.1) is 5.82 Å². The molecular weight excluding hydrogens is 217 g/mol. The summed E-state index contributed by atoms with van der Waals surface area (Å²) in [5.74, 6) is -0.397. The Morgan fingerprint density at radius 3 is 2.38 bits per heavy atom. The number of hydrogen-bond acceptors (Lipinski definition) is 1. The summed E-state index contributed by atoms with van der Waals surface area (Å²) in [4.78, 5) is 0. The summed E-state index contributed by atoms with van der Waals surface area (Å²) in [5, 5.41) is 3.78. The first kappa shape index (κ1) is 10.7. The summed E-state index contributed by atoms with van der Waals surface area (Å²) in [6.07, 6.45) is -1.25. The van der Waals surface area contributed by atoms with Crippen LogP contribution in [-0.4, -0.2) is 9.78 Å². The Kier molecular flexibility index (Phi) is 2.68. The highest BCUT2D eigenvalue weighted by atomic mass is 19.3. The van der Waals surface area contributed by atoms with Crippen molar-refractivity contribution in [3.8, 4) is 11.1 Å². The lowest BCUT2D eigenvalue weighted by Crippen LogP contribution is -1.99. The molecule has 1 aromatic carbocycles. The van der Waals surface area contributed by atoms with Crippen molar-refractivity contribution < 1.29 is 13.2 Å². The molecule has 84 valence electrons. The zero-order chi connectivity index (χ0) is 11.7. The Labute approximate surface area is 90.3 Å². The molecule has 1 heterocycles. The molecule has 2 nitrogen and oxygen atoms in total. The van der Waals surface area contributed by atoms with Crippen molar-refractivity contribution in [2.24, 2.45) is 7.05 Å². The maximum atomic E-state index is 12.8. The molecule has 1 aromatic heterocycles. The van der Waals surface area contributed by atoms with Gasteiger partial charge in [-0.15, -0.1) is 0 Å². The van der Waals surface area contributed by atoms with E-state index in [0.717, 1.165) is 4.68 Å². The molecule has 0 aliphatic rings. The fourth-order valence-electron chi connectivity index (χ4n) is 1.56. The van der Waals surface area contributed by atoms with Gasteiger partial charge in [0.1, 0.15) is 11.5 Å². The number of aromatic nitrogens is 2. The number of hydrogen-bond donors (Lipinski definition) is 0. The van der Waals surface area contributed by atoms with E-state index in [9.17, 15) is 13.2 Å². The molecule has 0 atom stereocenters. The van der Waals surface area contributed by atoms with E-state index in [2.05, 4.69) is 5.10 Å². The van der Waals surface area contributed by atoms with E-state index in [-0.39, 0.29) is 5.69 Å². The molecular formula is C11H9F3N2. The molecule has 0 N–H and O–H groups in total. The molecule has 0 amide bonds. The van der Waals surface area contributed by atoms with Gasteiger partial charge >= 0.3 is 0 Å². The van der Waals surface area contributed by atoms with E-state index < -0.39 is 12.2 Å². The lowest BCUT2D eigenvalue weighted by molar-refractivity contribution is 0.141. The van der Waals surface area contributed by atoms with Crippen LogP contribution < -0.4 is 0 Å². The van der Waals surface area contributed by atoms with Crippen LogP contribution in [0.4, 0.5) is 13.2 Å². The molecule has 0 aliphatic heterocycles. The van der Waals surface area contributed by atoms with Crippen molar-refractivity contribution in [2.45, 2.75) is 6.43 Å². The topological polar surface area (TPSA) is 17.8 Å². The standard InChI is InChI=1S/C11H9F3N2/c1-16-10(11(13)14)9(6-15-16)7-2-4-8(12)5-3-7/h2-6,11H,1H3. The largest absolute Gasteiger partial charge is 0.280 e. The normalized spacial score (nSPS) is 11.1. The first-order valence-corrected chi connectivity index (χ1v) is 4.65. The van der Waals surface area contributed by atoms with Crippen LogP contribution in [0.25, 0.3) is 11.1 Å². The van der Waals surface area contributed by atoms with Crippen molar-refractivity contribution in [1.29, 1.82) is 0 Å². The predicted molar refractivity (Wildman–Crippen MR) is 53.6 cm³/mol. The third-order valence-electron chi connectivity index (χ3n) is 2.35. The molecule has 0 aliphatic carbocycles. The molecule has 0 unspecified atom stereocenters. The molecule has 0 fully saturated rings. The van der Waals surface area contributed by atoms with Gasteiger partial charge in [0.05, 0.1) is 6.20 Å². The number of alkyl halides is 2. The third kappa shape index (κ3) is 1.80. The average molecular weight is 226 g/mol. The minimum Gasteiger partial charge on any atom is -0.266 e. The fraction of sp³-hybridized carbons (Fsp3) is 0.182. The second-order valence-electron chi connectivity index (χ2n) is 3.37. The second kappa shape index (κ2) is 4.00. The van der Waals surface area contributed by atoms with Crippen molar-refractivity contribution in [2.75, 3.05) is 0 Å². The van der Waals surface area contributed by atoms with Gasteiger partial charge in [-0.05, 0) is 17.7 Å². The third-order valence-corrected chi connectivity index (χ3v) is 2.35. The van der Waals surface area contributed by atoms with Gasteiger partial charge in [-0.1, -0.05) is 12.1 Å². The molecule has 0 saturated carbocycles. The highest BCUT2D eigenvalue weighted by molar-refractivity contribution is 5.65. The smallest absolute Gasteiger partial charge is 0.266 e. The van der Waals surface area contributed by atoms with E-state index in [1.807, 2.05) is 0 Å². The van der Waals surface area contributed by atoms with Crippen LogP contribution in [0.1, 0.15) is 12.1 Å². The minimum atomic E-state index is -2.60. The van der Waals surface area contributed by atoms with Crippen molar-refractivity contribution in [3.05, 3.63) is 42.0 Å². The molecule has 5 heteroatoms. The van der Waals surface area contributed by atoms with E-state index in [1.54, 1.807) is 0 Å². The summed E-state index contributed by atoms with van der Waals surface area (Å²) in [6.45, 7) is 0. The number of rotatable bonds is 2. The summed E-state index contributed by atoms with van der Waals surface area (Å²) in [5.41, 5.74) is 0.703. The molecule has 2 rings (SSSR count). The SMILES string of the molecule is Cn1ncc(-c2ccc(F)cc2)c1C(F)F. The molecule has 0 bridgehead atoms. The van der Waals surface area contributed by atoms with Crippen molar-refractivity contribution >= 4 is 0 Å². The van der Waals surface area contributed by atoms with E-state index in [4.69, 9.17) is 0 Å². The Hall–Kier alpha value is -1.78. The van der Waals surface area contributed by atoms with Gasteiger partial charge < -0.3 is 0 Å². The second-order valence-corrected chi connectivity index (χ2v) is 3.37. The van der Waals surface area contributed by atoms with Gasteiger partial charge in [0.25, 0.3) is 6.43 Å². The van der Waals surface area contributed by atoms with E-state index in [0.29, 0.717) is 11.1 Å². The first-order chi connectivity index (χ1) is 7.59. The Balaban J connectivity index is 2.52. The summed E-state index contributed by atoms with van der Waals surface area (Å²) >= 11 is 0. The zero-order valence-electron chi connectivity index (χ0n) is 8.49. The molecule has 2 aromatic rings. The van der Waals surface area contributed by atoms with Gasteiger partial charge in [-0.25, -0.2) is 13.2 Å². The van der Waals surface area contributed by atoms with Crippen LogP contribution in [0.3, 0.4) is 0 Å². The number of nitrogens with zero attached hydrogens (tertiary/aromatic N) is 2. The lowest BCUT2D eigenvalue weighted by atomic mass is 10.1. The zero-order valence-corrected chi connectivity index (χ0v) is 8.49. The Morgan fingerprint density at radius 1 is 1.19 bits per heavy atom. The summed E-state index contributed by atoms with van der Waals surface area (Å²) in [6, 6.07) is 5.38. The van der Waals surface area contributed by atoms with Gasteiger partial charge in [0.15, 0.2) is 0 Å². The quantitative estimate of drug-likeness (QED) is 0.769. The maximum absolute atomic E-state index is 12.8. The van der Waals surface area contributed by atoms with Gasteiger partial charge in [-0.3, -0.25) is 4.68 Å². The van der Waals surface area contributed by atoms with E-state index in [1.165, 1.54) is 37.5 Å². The minimum absolute atomic E-state index is 0.161. The van der Waals surface area contributed by atoms with Crippen LogP contribution in [0.2, 0.25) is 0 Å². The van der Waals surface area contributed by atoms with Gasteiger partial charge in [-0.2, -0.15) is 5.10 Å². The van der Waals surface area contributed by atoms with Crippen LogP contribution in [0.5, 0.6) is 0 Å². The van der Waals surface area contributed by atoms with E-state index >= 15 is 0 Å².